The Labute approximate surface area is 41.4 Å². The molecule has 0 aliphatic rings. The van der Waals surface area contributed by atoms with E-state index in [9.17, 15) is 0 Å². The summed E-state index contributed by atoms with van der Waals surface area (Å²) in [4.78, 5) is 0. The summed E-state index contributed by atoms with van der Waals surface area (Å²) in [6.45, 7) is 6.72. The highest BCUT2D eigenvalue weighted by Crippen LogP contribution is 2.09. The van der Waals surface area contributed by atoms with Crippen LogP contribution in [0.2, 0.25) is 5.82 Å². The third-order valence-electron chi connectivity index (χ3n) is 1.33. The lowest BCUT2D eigenvalue weighted by Gasteiger charge is -2.05. The summed E-state index contributed by atoms with van der Waals surface area (Å²) in [5.74, 6) is 1.70. The predicted molar refractivity (Wildman–Crippen MR) is 32.8 cm³/mol. The Morgan fingerprint density at radius 3 is 1.33 bits per heavy atom. The normalized spacial score (nSPS) is 15.3. The van der Waals surface area contributed by atoms with Crippen LogP contribution in [0.4, 0.5) is 0 Å². The van der Waals surface area contributed by atoms with Gasteiger partial charge in [-0.15, -0.1) is 0 Å². The minimum Gasteiger partial charge on any atom is -0.0702 e. The van der Waals surface area contributed by atoms with Crippen LogP contribution in [0.15, 0.2) is 0 Å². The Morgan fingerprint density at radius 2 is 1.33 bits per heavy atom. The van der Waals surface area contributed by atoms with Crippen molar-refractivity contribution in [3.8, 4) is 0 Å². The largest absolute Gasteiger partial charge is 0.105 e. The Morgan fingerprint density at radius 1 is 1.17 bits per heavy atom. The number of hydrogen-bond donors (Lipinski definition) is 0. The van der Waals surface area contributed by atoms with Gasteiger partial charge >= 0.3 is 0 Å². The zero-order valence-corrected chi connectivity index (χ0v) is 5.15. The second-order valence-electron chi connectivity index (χ2n) is 2.49. The Hall–Kier alpha value is 0.0649. The molecule has 1 heteroatoms. The fraction of sp³-hybridized carbons (Fsp3) is 1.00. The van der Waals surface area contributed by atoms with Crippen molar-refractivity contribution in [1.82, 2.24) is 0 Å². The van der Waals surface area contributed by atoms with Gasteiger partial charge in [0.2, 0.25) is 0 Å². The topological polar surface area (TPSA) is 0 Å². The zero-order valence-electron chi connectivity index (χ0n) is 5.15. The van der Waals surface area contributed by atoms with Gasteiger partial charge in [0.25, 0.3) is 0 Å². The third-order valence-corrected chi connectivity index (χ3v) is 1.33. The molecule has 0 aromatic rings. The van der Waals surface area contributed by atoms with E-state index < -0.39 is 0 Å². The summed E-state index contributed by atoms with van der Waals surface area (Å²) in [6, 6.07) is 0. The molecule has 0 aromatic heterocycles. The van der Waals surface area contributed by atoms with E-state index in [0.717, 1.165) is 11.7 Å². The summed E-state index contributed by atoms with van der Waals surface area (Å²) < 4.78 is 0. The number of hydrogen-bond acceptors (Lipinski definition) is 0. The molecule has 36 valence electrons. The second kappa shape index (κ2) is 2.28. The molecule has 0 rings (SSSR count). The lowest BCUT2D eigenvalue weighted by molar-refractivity contribution is 0.625. The summed E-state index contributed by atoms with van der Waals surface area (Å²) in [5, 5.41) is 0. The maximum atomic E-state index is 2.24. The molecule has 0 radical (unpaired) electrons. The summed E-state index contributed by atoms with van der Waals surface area (Å²) in [5.41, 5.74) is 0. The minimum atomic E-state index is 0.852. The lowest BCUT2D eigenvalue weighted by Crippen LogP contribution is -1.93. The fourth-order valence-electron chi connectivity index (χ4n) is 0. The molecule has 1 atom stereocenters. The quantitative estimate of drug-likeness (QED) is 0.417. The molecule has 0 aromatic carbocycles. The van der Waals surface area contributed by atoms with Gasteiger partial charge in [-0.1, -0.05) is 32.5 Å². The molecule has 0 aliphatic heterocycles. The van der Waals surface area contributed by atoms with Crippen molar-refractivity contribution >= 4 is 7.85 Å². The van der Waals surface area contributed by atoms with Crippen LogP contribution in [0.5, 0.6) is 0 Å². The van der Waals surface area contributed by atoms with Gasteiger partial charge in [0.05, 0.1) is 0 Å². The van der Waals surface area contributed by atoms with Crippen molar-refractivity contribution in [2.75, 3.05) is 0 Å². The highest BCUT2D eigenvalue weighted by atomic mass is 14.0. The first-order valence-electron chi connectivity index (χ1n) is 2.64. The Balaban J connectivity index is 2.99. The van der Waals surface area contributed by atoms with E-state index in [1.54, 1.807) is 0 Å². The molecule has 0 bridgehead atoms. The van der Waals surface area contributed by atoms with Crippen LogP contribution in [-0.4, -0.2) is 7.85 Å². The molecular formula is C5H13B. The van der Waals surface area contributed by atoms with E-state index in [-0.39, 0.29) is 0 Å². The summed E-state index contributed by atoms with van der Waals surface area (Å²) in [7, 11) is 2.24. The Bertz CT molecular complexity index is 24.9. The minimum absolute atomic E-state index is 0.852. The summed E-state index contributed by atoms with van der Waals surface area (Å²) in [6.07, 6.45) is 0. The zero-order chi connectivity index (χ0) is 5.15. The van der Waals surface area contributed by atoms with E-state index in [1.807, 2.05) is 0 Å². The molecule has 0 saturated heterocycles. The Kier molecular flexibility index (Phi) is 2.30. The van der Waals surface area contributed by atoms with E-state index in [2.05, 4.69) is 28.6 Å². The van der Waals surface area contributed by atoms with Crippen LogP contribution < -0.4 is 0 Å². The van der Waals surface area contributed by atoms with Crippen LogP contribution in [0, 0.1) is 5.92 Å². The van der Waals surface area contributed by atoms with Crippen LogP contribution >= 0.6 is 0 Å². The molecule has 0 fully saturated rings. The first-order valence-corrected chi connectivity index (χ1v) is 2.64. The molecule has 0 nitrogen and oxygen atoms in total. The van der Waals surface area contributed by atoms with Crippen molar-refractivity contribution in [3.05, 3.63) is 0 Å². The van der Waals surface area contributed by atoms with Gasteiger partial charge in [0, 0.05) is 0 Å². The van der Waals surface area contributed by atoms with E-state index in [0.29, 0.717) is 0 Å². The summed E-state index contributed by atoms with van der Waals surface area (Å²) >= 11 is 0. The van der Waals surface area contributed by atoms with Crippen LogP contribution in [0.3, 0.4) is 0 Å². The van der Waals surface area contributed by atoms with Crippen molar-refractivity contribution < 1.29 is 0 Å². The maximum absolute atomic E-state index is 2.24. The predicted octanol–water partition coefficient (Wildman–Crippen LogP) is 1.08. The average molecular weight is 84.0 g/mol. The lowest BCUT2D eigenvalue weighted by atomic mass is 9.80. The van der Waals surface area contributed by atoms with Gasteiger partial charge in [-0.2, -0.15) is 0 Å². The molecular weight excluding hydrogens is 70.9 g/mol. The smallest absolute Gasteiger partial charge is 0.0702 e. The monoisotopic (exact) mass is 84.1 g/mol. The van der Waals surface area contributed by atoms with Crippen molar-refractivity contribution in [3.63, 3.8) is 0 Å². The first-order chi connectivity index (χ1) is 2.64. The molecule has 6 heavy (non-hydrogen) atoms. The van der Waals surface area contributed by atoms with Gasteiger partial charge in [0.1, 0.15) is 7.85 Å². The molecule has 0 saturated carbocycles. The van der Waals surface area contributed by atoms with Gasteiger partial charge in [-0.05, 0) is 0 Å². The van der Waals surface area contributed by atoms with Crippen molar-refractivity contribution in [2.45, 2.75) is 26.6 Å². The first kappa shape index (κ1) is 6.06. The fourth-order valence-corrected chi connectivity index (χ4v) is 0. The van der Waals surface area contributed by atoms with Gasteiger partial charge in [-0.25, -0.2) is 0 Å². The van der Waals surface area contributed by atoms with E-state index in [1.165, 1.54) is 0 Å². The molecule has 0 N–H and O–H groups in total. The molecule has 0 spiro atoms. The number of rotatable bonds is 1. The highest BCUT2D eigenvalue weighted by Gasteiger charge is 1.96. The highest BCUT2D eigenvalue weighted by molar-refractivity contribution is 6.11. The van der Waals surface area contributed by atoms with E-state index in [4.69, 9.17) is 0 Å². The van der Waals surface area contributed by atoms with Crippen LogP contribution in [0.1, 0.15) is 20.8 Å². The van der Waals surface area contributed by atoms with Crippen LogP contribution in [0.25, 0.3) is 0 Å². The van der Waals surface area contributed by atoms with Crippen molar-refractivity contribution in [2.24, 2.45) is 5.92 Å². The van der Waals surface area contributed by atoms with Gasteiger partial charge in [0.15, 0.2) is 0 Å². The molecule has 0 amide bonds. The van der Waals surface area contributed by atoms with Gasteiger partial charge in [-0.3, -0.25) is 0 Å². The van der Waals surface area contributed by atoms with Crippen LogP contribution in [-0.2, 0) is 0 Å². The van der Waals surface area contributed by atoms with Crippen molar-refractivity contribution in [1.29, 1.82) is 0 Å². The maximum Gasteiger partial charge on any atom is 0.105 e. The third kappa shape index (κ3) is 2.31. The SMILES string of the molecule is BC(C)C(C)C. The standard InChI is InChI=1S/C5H13B/c1-4(2)5(3)6/h4-5H,6H2,1-3H3. The molecule has 1 unspecified atom stereocenters. The average Bonchev–Trinajstić information content (AvgIpc) is 1.36. The molecule has 0 heterocycles. The second-order valence-corrected chi connectivity index (χ2v) is 2.49. The van der Waals surface area contributed by atoms with E-state index >= 15 is 0 Å². The molecule has 0 aliphatic carbocycles. The van der Waals surface area contributed by atoms with Gasteiger partial charge < -0.3 is 0 Å².